The van der Waals surface area contributed by atoms with Crippen LogP contribution in [0.15, 0.2) is 42.5 Å². The Hall–Kier alpha value is -2.89. The SMILES string of the molecule is COc1ccc(C(=O)NC(C)c2ccccc2C)cc1[N+](=O)[O-]. The third-order valence-electron chi connectivity index (χ3n) is 3.64. The maximum absolute atomic E-state index is 12.3. The van der Waals surface area contributed by atoms with Crippen molar-refractivity contribution in [1.29, 1.82) is 0 Å². The Morgan fingerprint density at radius 1 is 1.26 bits per heavy atom. The van der Waals surface area contributed by atoms with Crippen LogP contribution in [0.2, 0.25) is 0 Å². The van der Waals surface area contributed by atoms with Crippen LogP contribution < -0.4 is 10.1 Å². The summed E-state index contributed by atoms with van der Waals surface area (Å²) < 4.78 is 4.93. The van der Waals surface area contributed by atoms with Gasteiger partial charge in [-0.3, -0.25) is 14.9 Å². The maximum atomic E-state index is 12.3. The van der Waals surface area contributed by atoms with Crippen molar-refractivity contribution in [3.05, 3.63) is 69.3 Å². The summed E-state index contributed by atoms with van der Waals surface area (Å²) >= 11 is 0. The van der Waals surface area contributed by atoms with Gasteiger partial charge in [-0.05, 0) is 37.1 Å². The highest BCUT2D eigenvalue weighted by Crippen LogP contribution is 2.27. The molecule has 0 aliphatic rings. The van der Waals surface area contributed by atoms with E-state index in [1.54, 1.807) is 0 Å². The highest BCUT2D eigenvalue weighted by atomic mass is 16.6. The number of hydrogen-bond donors (Lipinski definition) is 1. The van der Waals surface area contributed by atoms with Gasteiger partial charge < -0.3 is 10.1 Å². The van der Waals surface area contributed by atoms with Crippen LogP contribution in [0.5, 0.6) is 5.75 Å². The zero-order valence-corrected chi connectivity index (χ0v) is 13.2. The van der Waals surface area contributed by atoms with Crippen LogP contribution in [-0.2, 0) is 0 Å². The predicted octanol–water partition coefficient (Wildman–Crippen LogP) is 3.40. The van der Waals surface area contributed by atoms with Crippen LogP contribution in [0.1, 0.15) is 34.5 Å². The lowest BCUT2D eigenvalue weighted by molar-refractivity contribution is -0.385. The molecule has 0 spiro atoms. The molecule has 2 rings (SSSR count). The molecule has 1 amide bonds. The topological polar surface area (TPSA) is 81.5 Å². The minimum atomic E-state index is -0.569. The van der Waals surface area contributed by atoms with Crippen molar-refractivity contribution in [1.82, 2.24) is 5.32 Å². The van der Waals surface area contributed by atoms with Crippen LogP contribution in [-0.4, -0.2) is 17.9 Å². The number of aryl methyl sites for hydroxylation is 1. The number of hydrogen-bond acceptors (Lipinski definition) is 4. The molecular weight excluding hydrogens is 296 g/mol. The zero-order chi connectivity index (χ0) is 17.0. The van der Waals surface area contributed by atoms with Gasteiger partial charge in [0.2, 0.25) is 0 Å². The van der Waals surface area contributed by atoms with Gasteiger partial charge in [-0.15, -0.1) is 0 Å². The normalized spacial score (nSPS) is 11.6. The molecule has 1 N–H and O–H groups in total. The van der Waals surface area contributed by atoms with E-state index in [1.807, 2.05) is 38.1 Å². The molecule has 0 saturated carbocycles. The van der Waals surface area contributed by atoms with Crippen LogP contribution in [0.3, 0.4) is 0 Å². The van der Waals surface area contributed by atoms with Gasteiger partial charge in [0.25, 0.3) is 5.91 Å². The molecule has 0 fully saturated rings. The minimum absolute atomic E-state index is 0.124. The summed E-state index contributed by atoms with van der Waals surface area (Å²) in [4.78, 5) is 22.8. The van der Waals surface area contributed by atoms with Gasteiger partial charge in [0.15, 0.2) is 5.75 Å². The van der Waals surface area contributed by atoms with E-state index in [9.17, 15) is 14.9 Å². The zero-order valence-electron chi connectivity index (χ0n) is 13.2. The number of amides is 1. The largest absolute Gasteiger partial charge is 0.490 e. The Balaban J connectivity index is 2.22. The molecule has 0 aliphatic heterocycles. The third kappa shape index (κ3) is 3.66. The van der Waals surface area contributed by atoms with E-state index in [1.165, 1.54) is 25.3 Å². The summed E-state index contributed by atoms with van der Waals surface area (Å²) in [6.07, 6.45) is 0. The first-order valence-corrected chi connectivity index (χ1v) is 7.13. The molecule has 0 aliphatic carbocycles. The highest BCUT2D eigenvalue weighted by Gasteiger charge is 2.19. The first-order valence-electron chi connectivity index (χ1n) is 7.13. The van der Waals surface area contributed by atoms with Crippen molar-refractivity contribution in [2.75, 3.05) is 7.11 Å². The maximum Gasteiger partial charge on any atom is 0.311 e. The number of carbonyl (C=O) groups is 1. The average molecular weight is 314 g/mol. The van der Waals surface area contributed by atoms with Crippen LogP contribution in [0.25, 0.3) is 0 Å². The monoisotopic (exact) mass is 314 g/mol. The number of rotatable bonds is 5. The summed E-state index contributed by atoms with van der Waals surface area (Å²) in [5.74, 6) is -0.245. The van der Waals surface area contributed by atoms with E-state index in [4.69, 9.17) is 4.74 Å². The van der Waals surface area contributed by atoms with Crippen LogP contribution in [0, 0.1) is 17.0 Å². The van der Waals surface area contributed by atoms with Gasteiger partial charge in [-0.25, -0.2) is 0 Å². The second-order valence-electron chi connectivity index (χ2n) is 5.20. The van der Waals surface area contributed by atoms with Crippen molar-refractivity contribution in [2.24, 2.45) is 0 Å². The van der Waals surface area contributed by atoms with E-state index in [0.29, 0.717) is 0 Å². The molecule has 1 unspecified atom stereocenters. The van der Waals surface area contributed by atoms with Gasteiger partial charge >= 0.3 is 5.69 Å². The Morgan fingerprint density at radius 3 is 2.57 bits per heavy atom. The Labute approximate surface area is 134 Å². The quantitative estimate of drug-likeness (QED) is 0.677. The third-order valence-corrected chi connectivity index (χ3v) is 3.64. The molecule has 0 radical (unpaired) electrons. The molecule has 6 heteroatoms. The number of carbonyl (C=O) groups excluding carboxylic acids is 1. The molecule has 120 valence electrons. The van der Waals surface area contributed by atoms with Gasteiger partial charge in [-0.2, -0.15) is 0 Å². The lowest BCUT2D eigenvalue weighted by Gasteiger charge is -2.16. The van der Waals surface area contributed by atoms with Crippen molar-refractivity contribution in [2.45, 2.75) is 19.9 Å². The average Bonchev–Trinajstić information content (AvgIpc) is 2.54. The van der Waals surface area contributed by atoms with Crippen LogP contribution >= 0.6 is 0 Å². The number of benzene rings is 2. The van der Waals surface area contributed by atoms with Crippen molar-refractivity contribution in [3.8, 4) is 5.75 Å². The fourth-order valence-electron chi connectivity index (χ4n) is 2.40. The van der Waals surface area contributed by atoms with Gasteiger partial charge in [-0.1, -0.05) is 24.3 Å². The lowest BCUT2D eigenvalue weighted by atomic mass is 10.0. The number of nitro groups is 1. The molecule has 6 nitrogen and oxygen atoms in total. The number of methoxy groups -OCH3 is 1. The minimum Gasteiger partial charge on any atom is -0.490 e. The lowest BCUT2D eigenvalue weighted by Crippen LogP contribution is -2.27. The van der Waals surface area contributed by atoms with Gasteiger partial charge in [0.05, 0.1) is 18.1 Å². The van der Waals surface area contributed by atoms with Gasteiger partial charge in [0, 0.05) is 11.6 Å². The molecule has 0 heterocycles. The van der Waals surface area contributed by atoms with E-state index in [2.05, 4.69) is 5.32 Å². The van der Waals surface area contributed by atoms with Crippen molar-refractivity contribution < 1.29 is 14.5 Å². The molecular formula is C17H18N2O4. The molecule has 0 saturated heterocycles. The smallest absolute Gasteiger partial charge is 0.311 e. The molecule has 0 bridgehead atoms. The van der Waals surface area contributed by atoms with Crippen molar-refractivity contribution >= 4 is 11.6 Å². The molecule has 1 atom stereocenters. The summed E-state index contributed by atoms with van der Waals surface area (Å²) in [6, 6.07) is 11.7. The summed E-state index contributed by atoms with van der Waals surface area (Å²) in [5, 5.41) is 13.9. The molecule has 23 heavy (non-hydrogen) atoms. The Bertz CT molecular complexity index is 743. The number of nitrogens with one attached hydrogen (secondary N) is 1. The van der Waals surface area contributed by atoms with Crippen LogP contribution in [0.4, 0.5) is 5.69 Å². The fraction of sp³-hybridized carbons (Fsp3) is 0.235. The fourth-order valence-corrected chi connectivity index (χ4v) is 2.40. The first kappa shape index (κ1) is 16.5. The Kier molecular flexibility index (Phi) is 4.95. The van der Waals surface area contributed by atoms with Crippen molar-refractivity contribution in [3.63, 3.8) is 0 Å². The second-order valence-corrected chi connectivity index (χ2v) is 5.20. The standard InChI is InChI=1S/C17H18N2O4/c1-11-6-4-5-7-14(11)12(2)18-17(20)13-8-9-16(23-3)15(10-13)19(21)22/h4-10,12H,1-3H3,(H,18,20). The number of ether oxygens (including phenoxy) is 1. The second kappa shape index (κ2) is 6.91. The highest BCUT2D eigenvalue weighted by molar-refractivity contribution is 5.95. The molecule has 2 aromatic rings. The van der Waals surface area contributed by atoms with E-state index >= 15 is 0 Å². The predicted molar refractivity (Wildman–Crippen MR) is 86.7 cm³/mol. The molecule has 0 aromatic heterocycles. The summed E-state index contributed by atoms with van der Waals surface area (Å²) in [6.45, 7) is 3.84. The molecule has 2 aromatic carbocycles. The van der Waals surface area contributed by atoms with Gasteiger partial charge in [0.1, 0.15) is 0 Å². The summed E-state index contributed by atoms with van der Waals surface area (Å²) in [7, 11) is 1.35. The number of nitrogens with zero attached hydrogens (tertiary/aromatic N) is 1. The Morgan fingerprint density at radius 2 is 1.96 bits per heavy atom. The van der Waals surface area contributed by atoms with E-state index in [0.717, 1.165) is 11.1 Å². The van der Waals surface area contributed by atoms with E-state index < -0.39 is 4.92 Å². The van der Waals surface area contributed by atoms with E-state index in [-0.39, 0.29) is 28.9 Å². The summed E-state index contributed by atoms with van der Waals surface area (Å²) in [5.41, 5.74) is 2.06. The number of nitro benzene ring substituents is 1. The first-order chi connectivity index (χ1) is 10.9.